The van der Waals surface area contributed by atoms with E-state index >= 15 is 0 Å². The predicted molar refractivity (Wildman–Crippen MR) is 71.8 cm³/mol. The minimum atomic E-state index is -0.856. The van der Waals surface area contributed by atoms with Gasteiger partial charge in [0.2, 0.25) is 5.91 Å². The Morgan fingerprint density at radius 1 is 1.42 bits per heavy atom. The molecule has 2 saturated heterocycles. The Kier molecular flexibility index (Phi) is 4.45. The summed E-state index contributed by atoms with van der Waals surface area (Å²) >= 11 is 0. The lowest BCUT2D eigenvalue weighted by molar-refractivity contribution is -0.157. The number of hydrogen-bond acceptors (Lipinski definition) is 3. The van der Waals surface area contributed by atoms with Crippen molar-refractivity contribution in [3.63, 3.8) is 0 Å². The molecule has 0 bridgehead atoms. The third-order valence-electron chi connectivity index (χ3n) is 4.47. The van der Waals surface area contributed by atoms with Crippen LogP contribution in [0.25, 0.3) is 0 Å². The van der Waals surface area contributed by atoms with Crippen LogP contribution < -0.4 is 5.32 Å². The van der Waals surface area contributed by atoms with Gasteiger partial charge in [-0.1, -0.05) is 13.3 Å². The highest BCUT2D eigenvalue weighted by Crippen LogP contribution is 2.35. The van der Waals surface area contributed by atoms with Gasteiger partial charge in [0.1, 0.15) is 6.04 Å². The number of aliphatic carboxylic acids is 1. The summed E-state index contributed by atoms with van der Waals surface area (Å²) in [7, 11) is 0. The highest BCUT2D eigenvalue weighted by atomic mass is 16.4. The van der Waals surface area contributed by atoms with Crippen LogP contribution in [0.5, 0.6) is 0 Å². The van der Waals surface area contributed by atoms with Gasteiger partial charge in [0.05, 0.1) is 5.41 Å². The van der Waals surface area contributed by atoms with E-state index in [2.05, 4.69) is 12.2 Å². The number of nitrogens with zero attached hydrogens (tertiary/aromatic N) is 1. The molecular formula is C14H24N2O3. The zero-order valence-corrected chi connectivity index (χ0v) is 11.7. The fraction of sp³-hybridized carbons (Fsp3) is 0.857. The van der Waals surface area contributed by atoms with Gasteiger partial charge >= 0.3 is 5.97 Å². The van der Waals surface area contributed by atoms with Crippen molar-refractivity contribution >= 4 is 11.9 Å². The van der Waals surface area contributed by atoms with Gasteiger partial charge in [-0.3, -0.25) is 4.79 Å². The molecular weight excluding hydrogens is 244 g/mol. The number of carbonyl (C=O) groups excluding carboxylic acids is 1. The average molecular weight is 268 g/mol. The molecule has 1 amide bonds. The second-order valence-corrected chi connectivity index (χ2v) is 5.81. The van der Waals surface area contributed by atoms with E-state index in [1.807, 2.05) is 0 Å². The molecule has 19 heavy (non-hydrogen) atoms. The number of likely N-dealkylation sites (tertiary alicyclic amines) is 1. The lowest BCUT2D eigenvalue weighted by Crippen LogP contribution is -2.54. The maximum absolute atomic E-state index is 12.8. The first kappa shape index (κ1) is 14.3. The number of piperidine rings is 1. The van der Waals surface area contributed by atoms with Gasteiger partial charge in [-0.2, -0.15) is 0 Å². The Bertz CT molecular complexity index is 351. The van der Waals surface area contributed by atoms with E-state index < -0.39 is 12.0 Å². The summed E-state index contributed by atoms with van der Waals surface area (Å²) in [5.41, 5.74) is -0.361. The summed E-state index contributed by atoms with van der Waals surface area (Å²) in [6, 6.07) is -0.615. The first-order valence-corrected chi connectivity index (χ1v) is 7.35. The Balaban J connectivity index is 2.17. The fourth-order valence-corrected chi connectivity index (χ4v) is 3.46. The number of carboxylic acid groups (broad SMARTS) is 1. The van der Waals surface area contributed by atoms with Gasteiger partial charge in [0, 0.05) is 13.1 Å². The van der Waals surface area contributed by atoms with Gasteiger partial charge in [-0.15, -0.1) is 0 Å². The van der Waals surface area contributed by atoms with Crippen LogP contribution in [0.1, 0.15) is 45.4 Å². The van der Waals surface area contributed by atoms with Crippen LogP contribution in [-0.2, 0) is 9.59 Å². The third kappa shape index (κ3) is 2.76. The average Bonchev–Trinajstić information content (AvgIpc) is 2.88. The molecule has 0 spiro atoms. The summed E-state index contributed by atoms with van der Waals surface area (Å²) in [5, 5.41) is 12.6. The summed E-state index contributed by atoms with van der Waals surface area (Å²) in [4.78, 5) is 25.8. The first-order chi connectivity index (χ1) is 9.10. The normalized spacial score (nSPS) is 31.4. The molecule has 2 unspecified atom stereocenters. The van der Waals surface area contributed by atoms with Crippen molar-refractivity contribution in [2.75, 3.05) is 19.6 Å². The molecule has 0 aromatic heterocycles. The van der Waals surface area contributed by atoms with E-state index in [1.165, 1.54) is 0 Å². The van der Waals surface area contributed by atoms with E-state index in [-0.39, 0.29) is 11.3 Å². The Morgan fingerprint density at radius 2 is 2.21 bits per heavy atom. The van der Waals surface area contributed by atoms with Crippen molar-refractivity contribution in [1.29, 1.82) is 0 Å². The highest BCUT2D eigenvalue weighted by molar-refractivity contribution is 5.88. The molecule has 0 aromatic carbocycles. The molecule has 2 atom stereocenters. The van der Waals surface area contributed by atoms with Crippen molar-refractivity contribution in [2.45, 2.75) is 51.5 Å². The van der Waals surface area contributed by atoms with Gasteiger partial charge in [0.15, 0.2) is 0 Å². The van der Waals surface area contributed by atoms with Gasteiger partial charge < -0.3 is 15.3 Å². The molecule has 2 N–H and O–H groups in total. The summed E-state index contributed by atoms with van der Waals surface area (Å²) in [6.07, 6.45) is 5.06. The van der Waals surface area contributed by atoms with Crippen molar-refractivity contribution in [3.05, 3.63) is 0 Å². The molecule has 2 fully saturated rings. The number of hydrogen-bond donors (Lipinski definition) is 2. The second-order valence-electron chi connectivity index (χ2n) is 5.81. The van der Waals surface area contributed by atoms with Crippen molar-refractivity contribution in [2.24, 2.45) is 5.41 Å². The van der Waals surface area contributed by atoms with Crippen molar-refractivity contribution < 1.29 is 14.7 Å². The van der Waals surface area contributed by atoms with Crippen LogP contribution in [-0.4, -0.2) is 47.6 Å². The second kappa shape index (κ2) is 5.90. The quantitative estimate of drug-likeness (QED) is 0.804. The van der Waals surface area contributed by atoms with Gasteiger partial charge in [0.25, 0.3) is 0 Å². The Morgan fingerprint density at radius 3 is 2.79 bits per heavy atom. The van der Waals surface area contributed by atoms with E-state index in [0.717, 1.165) is 38.6 Å². The van der Waals surface area contributed by atoms with Crippen LogP contribution in [0.3, 0.4) is 0 Å². The highest BCUT2D eigenvalue weighted by Gasteiger charge is 2.45. The fourth-order valence-electron chi connectivity index (χ4n) is 3.46. The number of carbonyl (C=O) groups is 2. The maximum Gasteiger partial charge on any atom is 0.326 e. The first-order valence-electron chi connectivity index (χ1n) is 7.35. The molecule has 0 aliphatic carbocycles. The number of nitrogens with one attached hydrogen (secondary N) is 1. The number of carboxylic acids is 1. The minimum absolute atomic E-state index is 0.0615. The predicted octanol–water partition coefficient (Wildman–Crippen LogP) is 1.23. The lowest BCUT2D eigenvalue weighted by atomic mass is 9.80. The lowest BCUT2D eigenvalue weighted by Gasteiger charge is -2.39. The topological polar surface area (TPSA) is 69.6 Å². The zero-order valence-electron chi connectivity index (χ0n) is 11.7. The van der Waals surface area contributed by atoms with Crippen LogP contribution in [0.4, 0.5) is 0 Å². The standard InChI is InChI=1S/C14H24N2O3/c1-2-6-14(7-8-15-10-14)13(19)16-9-4-3-5-11(16)12(17)18/h11,15H,2-10H2,1H3,(H,17,18). The van der Waals surface area contributed by atoms with Gasteiger partial charge in [-0.05, 0) is 38.6 Å². The molecule has 0 radical (unpaired) electrons. The van der Waals surface area contributed by atoms with Crippen molar-refractivity contribution in [1.82, 2.24) is 10.2 Å². The summed E-state index contributed by atoms with van der Waals surface area (Å²) in [6.45, 7) is 4.24. The molecule has 5 nitrogen and oxygen atoms in total. The Labute approximate surface area is 114 Å². The zero-order chi connectivity index (χ0) is 13.9. The number of amides is 1. The van der Waals surface area contributed by atoms with E-state index in [9.17, 15) is 14.7 Å². The van der Waals surface area contributed by atoms with E-state index in [1.54, 1.807) is 4.90 Å². The van der Waals surface area contributed by atoms with E-state index in [4.69, 9.17) is 0 Å². The minimum Gasteiger partial charge on any atom is -0.480 e. The molecule has 108 valence electrons. The van der Waals surface area contributed by atoms with Crippen LogP contribution >= 0.6 is 0 Å². The third-order valence-corrected chi connectivity index (χ3v) is 4.47. The molecule has 0 saturated carbocycles. The Hall–Kier alpha value is -1.10. The number of rotatable bonds is 4. The van der Waals surface area contributed by atoms with Crippen LogP contribution in [0.15, 0.2) is 0 Å². The summed E-state index contributed by atoms with van der Waals surface area (Å²) in [5.74, 6) is -0.794. The van der Waals surface area contributed by atoms with Gasteiger partial charge in [-0.25, -0.2) is 4.79 Å². The molecule has 5 heteroatoms. The van der Waals surface area contributed by atoms with Crippen LogP contribution in [0.2, 0.25) is 0 Å². The smallest absolute Gasteiger partial charge is 0.326 e. The largest absolute Gasteiger partial charge is 0.480 e. The maximum atomic E-state index is 12.8. The van der Waals surface area contributed by atoms with Crippen molar-refractivity contribution in [3.8, 4) is 0 Å². The molecule has 2 heterocycles. The monoisotopic (exact) mass is 268 g/mol. The molecule has 2 aliphatic rings. The molecule has 2 aliphatic heterocycles. The molecule has 2 rings (SSSR count). The van der Waals surface area contributed by atoms with Crippen LogP contribution in [0, 0.1) is 5.41 Å². The summed E-state index contributed by atoms with van der Waals surface area (Å²) < 4.78 is 0. The SMILES string of the molecule is CCCC1(C(=O)N2CCCCC2C(=O)O)CCNC1. The van der Waals surface area contributed by atoms with E-state index in [0.29, 0.717) is 19.5 Å². The molecule has 0 aromatic rings.